The van der Waals surface area contributed by atoms with Crippen molar-refractivity contribution in [1.82, 2.24) is 25.2 Å². The van der Waals surface area contributed by atoms with Gasteiger partial charge in [0.25, 0.3) is 0 Å². The number of thiazole rings is 1. The van der Waals surface area contributed by atoms with Crippen LogP contribution in [0.5, 0.6) is 0 Å². The number of benzene rings is 1. The molecule has 9 heteroatoms. The second-order valence-corrected chi connectivity index (χ2v) is 7.04. The molecule has 0 amide bonds. The van der Waals surface area contributed by atoms with Crippen LogP contribution < -0.4 is 0 Å². The highest BCUT2D eigenvalue weighted by molar-refractivity contribution is 7.98. The van der Waals surface area contributed by atoms with Gasteiger partial charge in [-0.2, -0.15) is 4.68 Å². The van der Waals surface area contributed by atoms with Crippen LogP contribution >= 0.6 is 23.1 Å². The van der Waals surface area contributed by atoms with Gasteiger partial charge in [-0.05, 0) is 42.0 Å². The van der Waals surface area contributed by atoms with Crippen LogP contribution in [0.15, 0.2) is 29.4 Å². The number of aromatic nitrogens is 5. The van der Waals surface area contributed by atoms with Crippen LogP contribution in [0.25, 0.3) is 5.69 Å². The van der Waals surface area contributed by atoms with E-state index in [0.717, 1.165) is 16.3 Å². The number of tetrazole rings is 1. The van der Waals surface area contributed by atoms with E-state index in [1.807, 2.05) is 31.2 Å². The molecular weight excluding hydrogens is 346 g/mol. The summed E-state index contributed by atoms with van der Waals surface area (Å²) < 4.78 is 6.45. The second-order valence-electron chi connectivity index (χ2n) is 5.01. The Labute approximate surface area is 147 Å². The third kappa shape index (κ3) is 3.46. The lowest BCUT2D eigenvalue weighted by Crippen LogP contribution is -1.99. The van der Waals surface area contributed by atoms with Gasteiger partial charge in [-0.3, -0.25) is 0 Å². The number of esters is 1. The van der Waals surface area contributed by atoms with E-state index in [0.29, 0.717) is 21.5 Å². The number of ether oxygens (including phenoxy) is 1. The number of hydrogen-bond acceptors (Lipinski definition) is 8. The minimum Gasteiger partial charge on any atom is -0.465 e. The van der Waals surface area contributed by atoms with Crippen molar-refractivity contribution in [1.29, 1.82) is 0 Å². The molecule has 0 N–H and O–H groups in total. The predicted octanol–water partition coefficient (Wildman–Crippen LogP) is 2.81. The third-order valence-corrected chi connectivity index (χ3v) is 5.47. The summed E-state index contributed by atoms with van der Waals surface area (Å²) in [5.74, 6) is 0.222. The number of nitrogens with zero attached hydrogens (tertiary/aromatic N) is 5. The summed E-state index contributed by atoms with van der Waals surface area (Å²) in [7, 11) is 1.37. The van der Waals surface area contributed by atoms with Gasteiger partial charge < -0.3 is 4.74 Å². The summed E-state index contributed by atoms with van der Waals surface area (Å²) in [6.07, 6.45) is 0. The van der Waals surface area contributed by atoms with Crippen molar-refractivity contribution in [2.45, 2.75) is 24.8 Å². The summed E-state index contributed by atoms with van der Waals surface area (Å²) in [4.78, 5) is 16.6. The largest absolute Gasteiger partial charge is 0.465 e. The fourth-order valence-electron chi connectivity index (χ4n) is 2.11. The van der Waals surface area contributed by atoms with Crippen molar-refractivity contribution in [3.63, 3.8) is 0 Å². The molecule has 0 radical (unpaired) electrons. The van der Waals surface area contributed by atoms with E-state index in [4.69, 9.17) is 4.74 Å². The number of methoxy groups -OCH3 is 1. The highest BCUT2D eigenvalue weighted by atomic mass is 32.2. The zero-order valence-corrected chi connectivity index (χ0v) is 15.0. The Morgan fingerprint density at radius 3 is 2.96 bits per heavy atom. The average molecular weight is 361 g/mol. The summed E-state index contributed by atoms with van der Waals surface area (Å²) >= 11 is 2.81. The number of carbonyl (C=O) groups is 1. The van der Waals surface area contributed by atoms with Crippen LogP contribution in [-0.4, -0.2) is 38.3 Å². The zero-order valence-electron chi connectivity index (χ0n) is 13.4. The molecule has 0 atom stereocenters. The molecule has 124 valence electrons. The highest BCUT2D eigenvalue weighted by Gasteiger charge is 2.17. The maximum Gasteiger partial charge on any atom is 0.349 e. The number of aryl methyl sites for hydroxylation is 2. The Balaban J connectivity index is 1.77. The van der Waals surface area contributed by atoms with Crippen molar-refractivity contribution in [3.05, 3.63) is 45.4 Å². The first kappa shape index (κ1) is 16.6. The van der Waals surface area contributed by atoms with Gasteiger partial charge in [0.2, 0.25) is 5.16 Å². The molecule has 2 heterocycles. The first-order valence-corrected chi connectivity index (χ1v) is 8.91. The normalized spacial score (nSPS) is 10.8. The van der Waals surface area contributed by atoms with Crippen LogP contribution in [-0.2, 0) is 10.5 Å². The van der Waals surface area contributed by atoms with E-state index < -0.39 is 0 Å². The Hall–Kier alpha value is -2.26. The van der Waals surface area contributed by atoms with Gasteiger partial charge >= 0.3 is 5.97 Å². The number of thioether (sulfide) groups is 1. The van der Waals surface area contributed by atoms with Crippen molar-refractivity contribution in [2.24, 2.45) is 0 Å². The summed E-state index contributed by atoms with van der Waals surface area (Å²) in [6, 6.07) is 7.96. The Morgan fingerprint density at radius 1 is 1.38 bits per heavy atom. The molecule has 2 aromatic heterocycles. The molecule has 7 nitrogen and oxygen atoms in total. The lowest BCUT2D eigenvalue weighted by atomic mass is 10.2. The molecule has 0 saturated heterocycles. The van der Waals surface area contributed by atoms with Crippen LogP contribution in [0.3, 0.4) is 0 Å². The average Bonchev–Trinajstić information content (AvgIpc) is 3.18. The quantitative estimate of drug-likeness (QED) is 0.510. The lowest BCUT2D eigenvalue weighted by Gasteiger charge is -2.04. The molecule has 0 unspecified atom stereocenters. The lowest BCUT2D eigenvalue weighted by molar-refractivity contribution is 0.0605. The molecule has 0 saturated carbocycles. The first-order valence-electron chi connectivity index (χ1n) is 7.11. The van der Waals surface area contributed by atoms with Gasteiger partial charge in [0, 0.05) is 0 Å². The monoisotopic (exact) mass is 361 g/mol. The molecule has 3 rings (SSSR count). The minimum absolute atomic E-state index is 0.356. The van der Waals surface area contributed by atoms with E-state index >= 15 is 0 Å². The molecule has 1 aromatic carbocycles. The fraction of sp³-hybridized carbons (Fsp3) is 0.267. The number of carbonyl (C=O) groups excluding carboxylic acids is 1. The predicted molar refractivity (Wildman–Crippen MR) is 91.6 cm³/mol. The SMILES string of the molecule is COC(=O)c1sc(CSc2nnnn2-c2cccc(C)c2)nc1C. The number of rotatable bonds is 5. The van der Waals surface area contributed by atoms with Crippen LogP contribution in [0.4, 0.5) is 0 Å². The molecule has 0 aliphatic heterocycles. The van der Waals surface area contributed by atoms with Gasteiger partial charge in [0.15, 0.2) is 0 Å². The first-order chi connectivity index (χ1) is 11.6. The van der Waals surface area contributed by atoms with E-state index in [1.54, 1.807) is 11.6 Å². The molecule has 0 aliphatic rings. The fourth-order valence-corrected chi connectivity index (χ4v) is 3.98. The van der Waals surface area contributed by atoms with Crippen molar-refractivity contribution in [2.75, 3.05) is 7.11 Å². The van der Waals surface area contributed by atoms with E-state index in [1.165, 1.54) is 30.2 Å². The van der Waals surface area contributed by atoms with E-state index in [-0.39, 0.29) is 5.97 Å². The molecule has 0 aliphatic carbocycles. The van der Waals surface area contributed by atoms with Gasteiger partial charge in [-0.15, -0.1) is 16.4 Å². The van der Waals surface area contributed by atoms with Gasteiger partial charge in [-0.25, -0.2) is 9.78 Å². The van der Waals surface area contributed by atoms with Gasteiger partial charge in [0.05, 0.1) is 24.2 Å². The Morgan fingerprint density at radius 2 is 2.21 bits per heavy atom. The third-order valence-electron chi connectivity index (χ3n) is 3.22. The highest BCUT2D eigenvalue weighted by Crippen LogP contribution is 2.27. The summed E-state index contributed by atoms with van der Waals surface area (Å²) in [5, 5.41) is 13.4. The maximum atomic E-state index is 11.7. The minimum atomic E-state index is -0.356. The van der Waals surface area contributed by atoms with E-state index in [9.17, 15) is 4.79 Å². The molecule has 24 heavy (non-hydrogen) atoms. The van der Waals surface area contributed by atoms with Crippen molar-refractivity contribution >= 4 is 29.1 Å². The Bertz CT molecular complexity index is 874. The van der Waals surface area contributed by atoms with Crippen LogP contribution in [0.2, 0.25) is 0 Å². The molecule has 3 aromatic rings. The smallest absolute Gasteiger partial charge is 0.349 e. The zero-order chi connectivity index (χ0) is 17.1. The van der Waals surface area contributed by atoms with Crippen LogP contribution in [0, 0.1) is 13.8 Å². The Kier molecular flexibility index (Phi) is 4.91. The standard InChI is InChI=1S/C15H15N5O2S2/c1-9-5-4-6-11(7-9)20-15(17-18-19-20)23-8-12-16-10(2)13(24-12)14(21)22-3/h4-7H,8H2,1-3H3. The summed E-state index contributed by atoms with van der Waals surface area (Å²) in [6.45, 7) is 3.82. The van der Waals surface area contributed by atoms with Crippen molar-refractivity contribution in [3.8, 4) is 5.69 Å². The molecule has 0 fully saturated rings. The van der Waals surface area contributed by atoms with E-state index in [2.05, 4.69) is 20.5 Å². The molecule has 0 spiro atoms. The van der Waals surface area contributed by atoms with Crippen LogP contribution in [0.1, 0.15) is 25.9 Å². The summed E-state index contributed by atoms with van der Waals surface area (Å²) in [5.41, 5.74) is 2.73. The van der Waals surface area contributed by atoms with Crippen molar-refractivity contribution < 1.29 is 9.53 Å². The molecule has 0 bridgehead atoms. The maximum absolute atomic E-state index is 11.7. The van der Waals surface area contributed by atoms with Gasteiger partial charge in [-0.1, -0.05) is 23.9 Å². The second kappa shape index (κ2) is 7.10. The van der Waals surface area contributed by atoms with Gasteiger partial charge in [0.1, 0.15) is 9.88 Å². The topological polar surface area (TPSA) is 82.8 Å². The molecular formula is C15H15N5O2S2. The number of hydrogen-bond donors (Lipinski definition) is 0.